The van der Waals surface area contributed by atoms with Crippen molar-refractivity contribution >= 4 is 6.09 Å². The lowest BCUT2D eigenvalue weighted by Crippen LogP contribution is -2.47. The zero-order chi connectivity index (χ0) is 16.0. The molecule has 0 aromatic heterocycles. The Morgan fingerprint density at radius 2 is 1.81 bits per heavy atom. The molecule has 122 valence electrons. The van der Waals surface area contributed by atoms with Crippen LogP contribution in [0.1, 0.15) is 54.4 Å². The Bertz CT molecular complexity index is 394. The van der Waals surface area contributed by atoms with Gasteiger partial charge in [0.1, 0.15) is 5.60 Å². The van der Waals surface area contributed by atoms with E-state index in [9.17, 15) is 9.90 Å². The SMILES string of the molecule is CC(C)(C)OC(=O)N1CC2CC(CO)CC2C1C(C)(C)C. The van der Waals surface area contributed by atoms with Gasteiger partial charge in [0.15, 0.2) is 0 Å². The molecule has 1 aliphatic carbocycles. The van der Waals surface area contributed by atoms with Gasteiger partial charge in [-0.05, 0) is 56.8 Å². The zero-order valence-corrected chi connectivity index (χ0v) is 14.3. The Morgan fingerprint density at radius 1 is 1.19 bits per heavy atom. The van der Waals surface area contributed by atoms with E-state index in [0.29, 0.717) is 17.8 Å². The van der Waals surface area contributed by atoms with Crippen LogP contribution in [0.3, 0.4) is 0 Å². The summed E-state index contributed by atoms with van der Waals surface area (Å²) in [5, 5.41) is 9.43. The highest BCUT2D eigenvalue weighted by Crippen LogP contribution is 2.50. The molecule has 4 heteroatoms. The van der Waals surface area contributed by atoms with Gasteiger partial charge in [0.2, 0.25) is 0 Å². The number of likely N-dealkylation sites (tertiary alicyclic amines) is 1. The molecule has 1 saturated heterocycles. The average molecular weight is 297 g/mol. The molecule has 1 saturated carbocycles. The van der Waals surface area contributed by atoms with Gasteiger partial charge in [0, 0.05) is 19.2 Å². The lowest BCUT2D eigenvalue weighted by molar-refractivity contribution is 0.00619. The number of nitrogens with zero attached hydrogens (tertiary/aromatic N) is 1. The van der Waals surface area contributed by atoms with E-state index in [2.05, 4.69) is 20.8 Å². The standard InChI is InChI=1S/C17H31NO3/c1-16(2,3)14-13-8-11(10-19)7-12(13)9-18(14)15(20)21-17(4,5)6/h11-14,19H,7-10H2,1-6H3. The largest absolute Gasteiger partial charge is 0.444 e. The van der Waals surface area contributed by atoms with Gasteiger partial charge in [0.05, 0.1) is 0 Å². The second-order valence-electron chi connectivity index (χ2n) is 8.89. The van der Waals surface area contributed by atoms with E-state index in [1.807, 2.05) is 25.7 Å². The number of carbonyl (C=O) groups excluding carboxylic acids is 1. The van der Waals surface area contributed by atoms with Crippen LogP contribution in [0.2, 0.25) is 0 Å². The molecule has 0 bridgehead atoms. The fourth-order valence-electron chi connectivity index (χ4n) is 4.24. The van der Waals surface area contributed by atoms with E-state index >= 15 is 0 Å². The van der Waals surface area contributed by atoms with Gasteiger partial charge in [-0.25, -0.2) is 4.79 Å². The average Bonchev–Trinajstić information content (AvgIpc) is 2.80. The maximum absolute atomic E-state index is 12.6. The summed E-state index contributed by atoms with van der Waals surface area (Å²) < 4.78 is 5.60. The summed E-state index contributed by atoms with van der Waals surface area (Å²) in [5.41, 5.74) is -0.425. The third-order valence-electron chi connectivity index (χ3n) is 4.79. The molecule has 1 aliphatic heterocycles. The Hall–Kier alpha value is -0.770. The normalized spacial score (nSPS) is 33.2. The molecule has 2 rings (SSSR count). The van der Waals surface area contributed by atoms with E-state index < -0.39 is 5.60 Å². The van der Waals surface area contributed by atoms with Crippen LogP contribution in [0.4, 0.5) is 4.79 Å². The van der Waals surface area contributed by atoms with Gasteiger partial charge in [-0.2, -0.15) is 0 Å². The number of fused-ring (bicyclic) bond motifs is 1. The van der Waals surface area contributed by atoms with E-state index in [-0.39, 0.29) is 24.2 Å². The third-order valence-corrected chi connectivity index (χ3v) is 4.79. The monoisotopic (exact) mass is 297 g/mol. The van der Waals surface area contributed by atoms with Crippen LogP contribution in [0, 0.1) is 23.2 Å². The Balaban J connectivity index is 2.18. The van der Waals surface area contributed by atoms with Crippen LogP contribution in [0.25, 0.3) is 0 Å². The van der Waals surface area contributed by atoms with Gasteiger partial charge in [0.25, 0.3) is 0 Å². The smallest absolute Gasteiger partial charge is 0.410 e. The number of carbonyl (C=O) groups is 1. The fraction of sp³-hybridized carbons (Fsp3) is 0.941. The minimum Gasteiger partial charge on any atom is -0.444 e. The first-order valence-electron chi connectivity index (χ1n) is 8.13. The number of aliphatic hydroxyl groups is 1. The molecule has 4 atom stereocenters. The zero-order valence-electron chi connectivity index (χ0n) is 14.3. The molecular weight excluding hydrogens is 266 g/mol. The molecule has 2 aliphatic rings. The lowest BCUT2D eigenvalue weighted by Gasteiger charge is -2.39. The van der Waals surface area contributed by atoms with Crippen molar-refractivity contribution in [3.8, 4) is 0 Å². The van der Waals surface area contributed by atoms with Gasteiger partial charge in [-0.3, -0.25) is 0 Å². The van der Waals surface area contributed by atoms with Crippen molar-refractivity contribution in [2.24, 2.45) is 23.2 Å². The predicted octanol–water partition coefficient (Wildman–Crippen LogP) is 3.29. The molecule has 0 radical (unpaired) electrons. The molecule has 1 heterocycles. The highest BCUT2D eigenvalue weighted by molar-refractivity contribution is 5.69. The van der Waals surface area contributed by atoms with E-state index in [1.54, 1.807) is 0 Å². The number of hydrogen-bond donors (Lipinski definition) is 1. The molecular formula is C17H31NO3. The van der Waals surface area contributed by atoms with Crippen molar-refractivity contribution in [3.63, 3.8) is 0 Å². The fourth-order valence-corrected chi connectivity index (χ4v) is 4.24. The topological polar surface area (TPSA) is 49.8 Å². The molecule has 21 heavy (non-hydrogen) atoms. The Labute approximate surface area is 128 Å². The van der Waals surface area contributed by atoms with Crippen LogP contribution in [-0.2, 0) is 4.74 Å². The van der Waals surface area contributed by atoms with Crippen molar-refractivity contribution in [1.29, 1.82) is 0 Å². The summed E-state index contributed by atoms with van der Waals surface area (Å²) in [5.74, 6) is 1.42. The van der Waals surface area contributed by atoms with Gasteiger partial charge in [-0.1, -0.05) is 20.8 Å². The molecule has 0 spiro atoms. The number of hydrogen-bond acceptors (Lipinski definition) is 3. The molecule has 1 amide bonds. The first kappa shape index (κ1) is 16.6. The lowest BCUT2D eigenvalue weighted by atomic mass is 9.77. The highest BCUT2D eigenvalue weighted by atomic mass is 16.6. The number of amides is 1. The van der Waals surface area contributed by atoms with Crippen LogP contribution >= 0.6 is 0 Å². The van der Waals surface area contributed by atoms with Crippen molar-refractivity contribution in [3.05, 3.63) is 0 Å². The summed E-state index contributed by atoms with van der Waals surface area (Å²) in [6.45, 7) is 13.4. The van der Waals surface area contributed by atoms with Crippen LogP contribution in [0.15, 0.2) is 0 Å². The maximum Gasteiger partial charge on any atom is 0.410 e. The van der Waals surface area contributed by atoms with Crippen molar-refractivity contribution < 1.29 is 14.6 Å². The van der Waals surface area contributed by atoms with Gasteiger partial charge >= 0.3 is 6.09 Å². The van der Waals surface area contributed by atoms with Gasteiger partial charge < -0.3 is 14.7 Å². The maximum atomic E-state index is 12.6. The molecule has 1 N–H and O–H groups in total. The van der Waals surface area contributed by atoms with E-state index in [0.717, 1.165) is 19.4 Å². The second kappa shape index (κ2) is 5.45. The van der Waals surface area contributed by atoms with Crippen LogP contribution in [0.5, 0.6) is 0 Å². The van der Waals surface area contributed by atoms with E-state index in [4.69, 9.17) is 4.74 Å². The van der Waals surface area contributed by atoms with Crippen molar-refractivity contribution in [2.75, 3.05) is 13.2 Å². The van der Waals surface area contributed by atoms with E-state index in [1.165, 1.54) is 0 Å². The first-order valence-corrected chi connectivity index (χ1v) is 8.13. The molecule has 0 aromatic carbocycles. The Morgan fingerprint density at radius 3 is 2.29 bits per heavy atom. The predicted molar refractivity (Wildman–Crippen MR) is 83.0 cm³/mol. The molecule has 4 nitrogen and oxygen atoms in total. The number of rotatable bonds is 1. The minimum atomic E-state index is -0.454. The Kier molecular flexibility index (Phi) is 4.31. The highest BCUT2D eigenvalue weighted by Gasteiger charge is 2.53. The second-order valence-corrected chi connectivity index (χ2v) is 8.89. The molecule has 0 aromatic rings. The minimum absolute atomic E-state index is 0.0284. The molecule has 2 fully saturated rings. The van der Waals surface area contributed by atoms with Crippen molar-refractivity contribution in [1.82, 2.24) is 4.90 Å². The number of aliphatic hydroxyl groups excluding tert-OH is 1. The van der Waals surface area contributed by atoms with Gasteiger partial charge in [-0.15, -0.1) is 0 Å². The summed E-state index contributed by atoms with van der Waals surface area (Å²) in [4.78, 5) is 14.5. The van der Waals surface area contributed by atoms with Crippen molar-refractivity contribution in [2.45, 2.75) is 66.0 Å². The summed E-state index contributed by atoms with van der Waals surface area (Å²) in [6.07, 6.45) is 1.88. The summed E-state index contributed by atoms with van der Waals surface area (Å²) >= 11 is 0. The third kappa shape index (κ3) is 3.53. The number of ether oxygens (including phenoxy) is 1. The van der Waals surface area contributed by atoms with Crippen LogP contribution < -0.4 is 0 Å². The summed E-state index contributed by atoms with van der Waals surface area (Å²) in [7, 11) is 0. The summed E-state index contributed by atoms with van der Waals surface area (Å²) in [6, 6.07) is 0.203. The first-order chi connectivity index (χ1) is 9.53. The quantitative estimate of drug-likeness (QED) is 0.808. The molecule has 4 unspecified atom stereocenters. The van der Waals surface area contributed by atoms with Crippen LogP contribution in [-0.4, -0.2) is 40.9 Å².